The number of halogens is 1. The number of fused-ring (bicyclic) bond motifs is 2. The molecule has 2 fully saturated rings. The Balaban J connectivity index is 1.47. The van der Waals surface area contributed by atoms with Gasteiger partial charge in [0.15, 0.2) is 0 Å². The van der Waals surface area contributed by atoms with Gasteiger partial charge in [-0.25, -0.2) is 8.42 Å². The third-order valence-electron chi connectivity index (χ3n) is 7.96. The van der Waals surface area contributed by atoms with Crippen LogP contribution in [0.1, 0.15) is 44.1 Å². The highest BCUT2D eigenvalue weighted by atomic mass is 35.5. The van der Waals surface area contributed by atoms with E-state index in [0.29, 0.717) is 24.8 Å². The first-order chi connectivity index (χ1) is 17.5. The Morgan fingerprint density at radius 2 is 2.03 bits per heavy atom. The molecule has 1 atom stereocenters. The van der Waals surface area contributed by atoms with Crippen molar-refractivity contribution in [3.63, 3.8) is 0 Å². The lowest BCUT2D eigenvalue weighted by Crippen LogP contribution is -2.62. The average molecular weight is 562 g/mol. The molecule has 1 unspecified atom stereocenters. The van der Waals surface area contributed by atoms with E-state index in [1.165, 1.54) is 5.56 Å². The van der Waals surface area contributed by atoms with Gasteiger partial charge in [-0.15, -0.1) is 11.3 Å². The molecule has 0 amide bonds. The number of anilines is 1. The predicted molar refractivity (Wildman–Crippen MR) is 149 cm³/mol. The van der Waals surface area contributed by atoms with Crippen LogP contribution in [0.25, 0.3) is 21.3 Å². The molecule has 3 aromatic rings. The first kappa shape index (κ1) is 25.5. The van der Waals surface area contributed by atoms with Gasteiger partial charge >= 0.3 is 0 Å². The van der Waals surface area contributed by atoms with Gasteiger partial charge in [0.2, 0.25) is 10.0 Å². The van der Waals surface area contributed by atoms with Gasteiger partial charge in [0.05, 0.1) is 40.3 Å². The van der Waals surface area contributed by atoms with Gasteiger partial charge in [-0.1, -0.05) is 11.6 Å². The Hall–Kier alpha value is -1.75. The molecule has 0 saturated carbocycles. The van der Waals surface area contributed by atoms with Gasteiger partial charge in [-0.3, -0.25) is 4.98 Å². The number of rotatable bonds is 4. The van der Waals surface area contributed by atoms with Crippen LogP contribution in [0.15, 0.2) is 30.5 Å². The zero-order valence-electron chi connectivity index (χ0n) is 21.3. The highest BCUT2D eigenvalue weighted by molar-refractivity contribution is 7.90. The maximum Gasteiger partial charge on any atom is 0.219 e. The van der Waals surface area contributed by atoms with Crippen LogP contribution in [0, 0.1) is 0 Å². The normalized spacial score (nSPS) is 22.0. The van der Waals surface area contributed by atoms with Gasteiger partial charge in [-0.2, -0.15) is 4.31 Å². The van der Waals surface area contributed by atoms with Gasteiger partial charge in [-0.05, 0) is 69.9 Å². The van der Waals surface area contributed by atoms with Crippen LogP contribution in [0.4, 0.5) is 5.69 Å². The number of hydrogen-bond acceptors (Lipinski definition) is 7. The quantitative estimate of drug-likeness (QED) is 0.491. The molecule has 1 aromatic carbocycles. The lowest BCUT2D eigenvalue weighted by atomic mass is 9.90. The molecule has 0 aliphatic carbocycles. The van der Waals surface area contributed by atoms with Crippen molar-refractivity contribution in [1.29, 1.82) is 0 Å². The topological polar surface area (TPSA) is 83.0 Å². The third-order valence-corrected chi connectivity index (χ3v) is 12.0. The lowest BCUT2D eigenvalue weighted by molar-refractivity contribution is -0.0968. The van der Waals surface area contributed by atoms with E-state index in [-0.39, 0.29) is 12.6 Å². The largest absolute Gasteiger partial charge is 0.391 e. The number of pyridine rings is 1. The number of aliphatic hydroxyl groups excluding tert-OH is 1. The smallest absolute Gasteiger partial charge is 0.219 e. The molecule has 2 saturated heterocycles. The average Bonchev–Trinajstić information content (AvgIpc) is 3.44. The fraction of sp³-hybridized carbons (Fsp3) is 0.519. The number of benzene rings is 1. The van der Waals surface area contributed by atoms with E-state index < -0.39 is 20.3 Å². The van der Waals surface area contributed by atoms with Crippen molar-refractivity contribution >= 4 is 48.9 Å². The van der Waals surface area contributed by atoms with E-state index in [9.17, 15) is 13.5 Å². The first-order valence-corrected chi connectivity index (χ1v) is 15.4. The van der Waals surface area contributed by atoms with Crippen LogP contribution >= 0.6 is 22.9 Å². The van der Waals surface area contributed by atoms with Crippen LogP contribution in [0.5, 0.6) is 0 Å². The van der Waals surface area contributed by atoms with E-state index in [2.05, 4.69) is 16.0 Å². The summed E-state index contributed by atoms with van der Waals surface area (Å²) >= 11 is 8.21. The summed E-state index contributed by atoms with van der Waals surface area (Å²) in [6.45, 7) is 7.48. The SMILES string of the molecule is CC(C)(C)S(=O)(=O)N1CC(N2CCCc3cc(Cl)cc(-c4ccnc5cc(CO)sc45)c32)CC12COC2. The second kappa shape index (κ2) is 8.89. The minimum atomic E-state index is -3.52. The summed E-state index contributed by atoms with van der Waals surface area (Å²) in [5, 5.41) is 10.4. The van der Waals surface area contributed by atoms with Crippen LogP contribution < -0.4 is 4.90 Å². The van der Waals surface area contributed by atoms with Gasteiger partial charge in [0.25, 0.3) is 0 Å². The number of aliphatic hydroxyl groups is 1. The summed E-state index contributed by atoms with van der Waals surface area (Å²) in [4.78, 5) is 7.83. The van der Waals surface area contributed by atoms with E-state index in [4.69, 9.17) is 16.3 Å². The molecule has 3 aliphatic rings. The van der Waals surface area contributed by atoms with Crippen molar-refractivity contribution in [3.05, 3.63) is 45.9 Å². The van der Waals surface area contributed by atoms with Crippen LogP contribution in [0.3, 0.4) is 0 Å². The molecule has 37 heavy (non-hydrogen) atoms. The summed E-state index contributed by atoms with van der Waals surface area (Å²) in [6.07, 6.45) is 4.45. The van der Waals surface area contributed by atoms with Crippen LogP contribution in [-0.4, -0.2) is 65.4 Å². The molecule has 7 nitrogen and oxygen atoms in total. The van der Waals surface area contributed by atoms with E-state index >= 15 is 0 Å². The van der Waals surface area contributed by atoms with Gasteiger partial charge < -0.3 is 14.7 Å². The number of aromatic nitrogens is 1. The molecule has 0 bridgehead atoms. The summed E-state index contributed by atoms with van der Waals surface area (Å²) in [6, 6.07) is 8.07. The molecule has 198 valence electrons. The second-order valence-electron chi connectivity index (χ2n) is 11.4. The third kappa shape index (κ3) is 4.01. The lowest BCUT2D eigenvalue weighted by Gasteiger charge is -2.46. The summed E-state index contributed by atoms with van der Waals surface area (Å²) in [5.74, 6) is 0. The van der Waals surface area contributed by atoms with Crippen LogP contribution in [0.2, 0.25) is 5.02 Å². The molecule has 10 heteroatoms. The molecule has 1 spiro atoms. The Bertz CT molecular complexity index is 1480. The molecule has 1 N–H and O–H groups in total. The van der Waals surface area contributed by atoms with Crippen molar-refractivity contribution in [2.75, 3.05) is 31.2 Å². The number of sulfonamides is 1. The van der Waals surface area contributed by atoms with Crippen LogP contribution in [-0.2, 0) is 27.8 Å². The second-order valence-corrected chi connectivity index (χ2v) is 15.6. The summed E-state index contributed by atoms with van der Waals surface area (Å²) in [7, 11) is -3.52. The highest BCUT2D eigenvalue weighted by Gasteiger charge is 2.59. The number of thiophene rings is 1. The van der Waals surface area contributed by atoms with Crippen molar-refractivity contribution in [1.82, 2.24) is 9.29 Å². The Kier molecular flexibility index (Phi) is 6.14. The number of nitrogens with zero attached hydrogens (tertiary/aromatic N) is 3. The Labute approximate surface area is 227 Å². The molecule has 5 heterocycles. The maximum atomic E-state index is 13.7. The predicted octanol–water partition coefficient (Wildman–Crippen LogP) is 4.83. The van der Waals surface area contributed by atoms with Crippen molar-refractivity contribution in [2.24, 2.45) is 0 Å². The van der Waals surface area contributed by atoms with Gasteiger partial charge in [0, 0.05) is 52.0 Å². The number of aryl methyl sites for hydroxylation is 1. The summed E-state index contributed by atoms with van der Waals surface area (Å²) in [5.41, 5.74) is 4.79. The fourth-order valence-electron chi connectivity index (χ4n) is 6.07. The zero-order valence-corrected chi connectivity index (χ0v) is 23.7. The molecule has 2 aromatic heterocycles. The minimum Gasteiger partial charge on any atom is -0.391 e. The van der Waals surface area contributed by atoms with Crippen molar-refractivity contribution < 1.29 is 18.3 Å². The molecular weight excluding hydrogens is 530 g/mol. The van der Waals surface area contributed by atoms with E-state index in [0.717, 1.165) is 57.7 Å². The molecule has 3 aliphatic heterocycles. The Morgan fingerprint density at radius 3 is 2.70 bits per heavy atom. The number of hydrogen-bond donors (Lipinski definition) is 1. The molecule has 0 radical (unpaired) electrons. The molecular formula is C27H32ClN3O4S2. The van der Waals surface area contributed by atoms with Crippen molar-refractivity contribution in [3.8, 4) is 11.1 Å². The fourth-order valence-corrected chi connectivity index (χ4v) is 9.03. The highest BCUT2D eigenvalue weighted by Crippen LogP contribution is 2.48. The van der Waals surface area contributed by atoms with E-state index in [1.807, 2.05) is 18.2 Å². The maximum absolute atomic E-state index is 13.7. The van der Waals surface area contributed by atoms with Crippen molar-refractivity contribution in [2.45, 2.75) is 63.0 Å². The first-order valence-electron chi connectivity index (χ1n) is 12.7. The Morgan fingerprint density at radius 1 is 1.24 bits per heavy atom. The standard InChI is InChI=1S/C27H32ClN3O4S2/c1-26(2,3)37(33,34)31-13-19(12-27(31)15-35-16-27)30-8-4-5-17-9-18(28)10-22(24(17)30)21-6-7-29-23-11-20(14-32)36-25(21)23/h6-7,9-11,19,32H,4-5,8,12-16H2,1-3H3. The van der Waals surface area contributed by atoms with E-state index in [1.54, 1.807) is 42.6 Å². The zero-order chi connectivity index (χ0) is 26.2. The summed E-state index contributed by atoms with van der Waals surface area (Å²) < 4.78 is 34.8. The molecule has 6 rings (SSSR count). The monoisotopic (exact) mass is 561 g/mol. The number of ether oxygens (including phenoxy) is 1. The van der Waals surface area contributed by atoms with Gasteiger partial charge in [0.1, 0.15) is 0 Å². The minimum absolute atomic E-state index is 0.0233.